The van der Waals surface area contributed by atoms with E-state index in [9.17, 15) is 0 Å². The van der Waals surface area contributed by atoms with Gasteiger partial charge >= 0.3 is 0 Å². The zero-order valence-electron chi connectivity index (χ0n) is 8.12. The van der Waals surface area contributed by atoms with E-state index >= 15 is 0 Å². The summed E-state index contributed by atoms with van der Waals surface area (Å²) in [4.78, 5) is 4.15. The molecule has 0 aromatic carbocycles. The standard InChI is InChI=1S/C9H13N3S2/c1-7-8(14-9(11)12-7)13-6-4-2-3-5-10/h2-4,6H2,1H3,(H2,11,12). The Morgan fingerprint density at radius 2 is 2.36 bits per heavy atom. The van der Waals surface area contributed by atoms with Gasteiger partial charge in [0.25, 0.3) is 0 Å². The number of hydrogen-bond acceptors (Lipinski definition) is 5. The Bertz CT molecular complexity index is 327. The van der Waals surface area contributed by atoms with Crippen LogP contribution in [0.5, 0.6) is 0 Å². The van der Waals surface area contributed by atoms with Crippen molar-refractivity contribution in [2.45, 2.75) is 30.4 Å². The minimum Gasteiger partial charge on any atom is -0.375 e. The number of aryl methyl sites for hydroxylation is 1. The molecule has 0 aliphatic rings. The average molecular weight is 227 g/mol. The molecule has 0 fully saturated rings. The fraction of sp³-hybridized carbons (Fsp3) is 0.556. The van der Waals surface area contributed by atoms with Crippen molar-refractivity contribution in [3.8, 4) is 6.07 Å². The Hall–Kier alpha value is -0.730. The molecule has 0 atom stereocenters. The topological polar surface area (TPSA) is 62.7 Å². The van der Waals surface area contributed by atoms with Crippen molar-refractivity contribution in [3.63, 3.8) is 0 Å². The van der Waals surface area contributed by atoms with E-state index in [-0.39, 0.29) is 0 Å². The first-order valence-corrected chi connectivity index (χ1v) is 6.27. The number of thioether (sulfide) groups is 1. The lowest BCUT2D eigenvalue weighted by Gasteiger charge is -1.96. The zero-order chi connectivity index (χ0) is 10.4. The van der Waals surface area contributed by atoms with Crippen molar-refractivity contribution in [2.75, 3.05) is 11.5 Å². The first-order chi connectivity index (χ1) is 6.74. The zero-order valence-corrected chi connectivity index (χ0v) is 9.75. The van der Waals surface area contributed by atoms with Crippen LogP contribution in [-0.2, 0) is 0 Å². The van der Waals surface area contributed by atoms with Crippen molar-refractivity contribution >= 4 is 28.2 Å². The monoisotopic (exact) mass is 227 g/mol. The van der Waals surface area contributed by atoms with Crippen molar-refractivity contribution in [3.05, 3.63) is 5.69 Å². The van der Waals surface area contributed by atoms with E-state index in [1.54, 1.807) is 23.1 Å². The molecule has 0 spiro atoms. The number of nitrogen functional groups attached to an aromatic ring is 1. The number of nitrogens with two attached hydrogens (primary N) is 1. The van der Waals surface area contributed by atoms with E-state index in [0.29, 0.717) is 11.6 Å². The van der Waals surface area contributed by atoms with Crippen LogP contribution in [0.15, 0.2) is 4.21 Å². The molecule has 0 saturated carbocycles. The molecule has 5 heteroatoms. The molecule has 1 heterocycles. The molecule has 76 valence electrons. The molecule has 3 nitrogen and oxygen atoms in total. The lowest BCUT2D eigenvalue weighted by atomic mass is 10.3. The predicted octanol–water partition coefficient (Wildman–Crippen LogP) is 2.82. The Morgan fingerprint density at radius 3 is 2.93 bits per heavy atom. The highest BCUT2D eigenvalue weighted by Gasteiger charge is 2.04. The molecule has 1 aromatic heterocycles. The largest absolute Gasteiger partial charge is 0.375 e. The summed E-state index contributed by atoms with van der Waals surface area (Å²) in [6, 6.07) is 2.14. The van der Waals surface area contributed by atoms with Crippen LogP contribution in [0.1, 0.15) is 25.0 Å². The van der Waals surface area contributed by atoms with Crippen LogP contribution in [-0.4, -0.2) is 10.7 Å². The van der Waals surface area contributed by atoms with Crippen molar-refractivity contribution in [1.29, 1.82) is 5.26 Å². The molecule has 1 rings (SSSR count). The summed E-state index contributed by atoms with van der Waals surface area (Å²) in [7, 11) is 0. The third kappa shape index (κ3) is 3.56. The Morgan fingerprint density at radius 1 is 1.57 bits per heavy atom. The number of hydrogen-bond donors (Lipinski definition) is 1. The van der Waals surface area contributed by atoms with Gasteiger partial charge in [-0.05, 0) is 25.5 Å². The van der Waals surface area contributed by atoms with Gasteiger partial charge in [-0.3, -0.25) is 0 Å². The highest BCUT2D eigenvalue weighted by molar-refractivity contribution is 8.01. The van der Waals surface area contributed by atoms with E-state index in [2.05, 4.69) is 11.1 Å². The van der Waals surface area contributed by atoms with E-state index < -0.39 is 0 Å². The first-order valence-electron chi connectivity index (χ1n) is 4.46. The lowest BCUT2D eigenvalue weighted by molar-refractivity contribution is 0.830. The SMILES string of the molecule is Cc1nc(N)sc1SCCCCC#N. The number of unbranched alkanes of at least 4 members (excludes halogenated alkanes) is 2. The van der Waals surface area contributed by atoms with Gasteiger partial charge < -0.3 is 5.73 Å². The van der Waals surface area contributed by atoms with Crippen LogP contribution in [0, 0.1) is 18.3 Å². The molecule has 0 unspecified atom stereocenters. The number of aromatic nitrogens is 1. The van der Waals surface area contributed by atoms with Crippen LogP contribution >= 0.6 is 23.1 Å². The first kappa shape index (κ1) is 11.3. The summed E-state index contributed by atoms with van der Waals surface area (Å²) in [5.41, 5.74) is 6.61. The molecular formula is C9H13N3S2. The molecule has 14 heavy (non-hydrogen) atoms. The maximum absolute atomic E-state index is 8.35. The van der Waals surface area contributed by atoms with Crippen LogP contribution in [0.25, 0.3) is 0 Å². The number of rotatable bonds is 5. The Labute approximate surface area is 92.3 Å². The third-order valence-electron chi connectivity index (χ3n) is 1.69. The van der Waals surface area contributed by atoms with Gasteiger partial charge in [0.1, 0.15) is 0 Å². The van der Waals surface area contributed by atoms with Crippen molar-refractivity contribution in [1.82, 2.24) is 4.98 Å². The molecule has 0 radical (unpaired) electrons. The summed E-state index contributed by atoms with van der Waals surface area (Å²) in [5.74, 6) is 1.05. The maximum Gasteiger partial charge on any atom is 0.181 e. The molecule has 0 aliphatic carbocycles. The molecular weight excluding hydrogens is 214 g/mol. The van der Waals surface area contributed by atoms with Gasteiger partial charge in [0, 0.05) is 6.42 Å². The van der Waals surface area contributed by atoms with Crippen LogP contribution < -0.4 is 5.73 Å². The second-order valence-electron chi connectivity index (χ2n) is 2.89. The quantitative estimate of drug-likeness (QED) is 0.620. The summed E-state index contributed by atoms with van der Waals surface area (Å²) in [6.07, 6.45) is 2.72. The van der Waals surface area contributed by atoms with Gasteiger partial charge in [0.2, 0.25) is 0 Å². The second-order valence-corrected chi connectivity index (χ2v) is 5.28. The van der Waals surface area contributed by atoms with Crippen LogP contribution in [0.2, 0.25) is 0 Å². The molecule has 1 aromatic rings. The Balaban J connectivity index is 2.25. The predicted molar refractivity (Wildman–Crippen MR) is 61.5 cm³/mol. The number of thiazole rings is 1. The minimum absolute atomic E-state index is 0.641. The summed E-state index contributed by atoms with van der Waals surface area (Å²) in [5, 5.41) is 8.99. The van der Waals surface area contributed by atoms with E-state index in [0.717, 1.165) is 24.3 Å². The lowest BCUT2D eigenvalue weighted by Crippen LogP contribution is -1.81. The van der Waals surface area contributed by atoms with E-state index in [1.807, 2.05) is 6.92 Å². The average Bonchev–Trinajstić information content (AvgIpc) is 2.45. The Kier molecular flexibility index (Phi) is 4.77. The highest BCUT2D eigenvalue weighted by Crippen LogP contribution is 2.30. The smallest absolute Gasteiger partial charge is 0.181 e. The molecule has 2 N–H and O–H groups in total. The summed E-state index contributed by atoms with van der Waals surface area (Å²) in [6.45, 7) is 1.98. The van der Waals surface area contributed by atoms with E-state index in [4.69, 9.17) is 11.0 Å². The number of nitrogens with zero attached hydrogens (tertiary/aromatic N) is 2. The fourth-order valence-electron chi connectivity index (χ4n) is 1.01. The van der Waals surface area contributed by atoms with E-state index in [1.165, 1.54) is 4.21 Å². The molecule has 0 amide bonds. The second kappa shape index (κ2) is 5.89. The van der Waals surface area contributed by atoms with Crippen LogP contribution in [0.4, 0.5) is 5.13 Å². The molecule has 0 aliphatic heterocycles. The minimum atomic E-state index is 0.641. The van der Waals surface area contributed by atoms with Gasteiger partial charge in [0.15, 0.2) is 5.13 Å². The highest BCUT2D eigenvalue weighted by atomic mass is 32.2. The normalized spacial score (nSPS) is 10.0. The van der Waals surface area contributed by atoms with Gasteiger partial charge in [-0.1, -0.05) is 11.3 Å². The molecule has 0 saturated heterocycles. The van der Waals surface area contributed by atoms with Crippen molar-refractivity contribution in [2.24, 2.45) is 0 Å². The van der Waals surface area contributed by atoms with Gasteiger partial charge in [-0.15, -0.1) is 11.8 Å². The van der Waals surface area contributed by atoms with Gasteiger partial charge in [0.05, 0.1) is 16.0 Å². The number of nitriles is 1. The number of anilines is 1. The van der Waals surface area contributed by atoms with Crippen molar-refractivity contribution < 1.29 is 0 Å². The van der Waals surface area contributed by atoms with Crippen LogP contribution in [0.3, 0.4) is 0 Å². The van der Waals surface area contributed by atoms with Gasteiger partial charge in [-0.2, -0.15) is 5.26 Å². The molecule has 0 bridgehead atoms. The van der Waals surface area contributed by atoms with Gasteiger partial charge in [-0.25, -0.2) is 4.98 Å². The summed E-state index contributed by atoms with van der Waals surface area (Å²) < 4.78 is 1.21. The summed E-state index contributed by atoms with van der Waals surface area (Å²) >= 11 is 3.33. The maximum atomic E-state index is 8.35. The third-order valence-corrected chi connectivity index (χ3v) is 4.12. The fourth-order valence-corrected chi connectivity index (χ4v) is 3.10.